The van der Waals surface area contributed by atoms with Crippen LogP contribution in [0, 0.1) is 5.41 Å². The Labute approximate surface area is 134 Å². The lowest BCUT2D eigenvalue weighted by atomic mass is 9.82. The lowest BCUT2D eigenvalue weighted by molar-refractivity contribution is -0.150. The minimum atomic E-state index is -0.850. The van der Waals surface area contributed by atoms with Gasteiger partial charge in [0.05, 0.1) is 5.41 Å². The maximum Gasteiger partial charge on any atom is 0.311 e. The number of nitrogens with zero attached hydrogens (tertiary/aromatic N) is 1. The number of piperidine rings is 1. The van der Waals surface area contributed by atoms with Crippen molar-refractivity contribution >= 4 is 43.7 Å². The van der Waals surface area contributed by atoms with Crippen LogP contribution in [0.1, 0.15) is 30.1 Å². The molecule has 1 aromatic carbocycles. The molecule has 0 radical (unpaired) electrons. The van der Waals surface area contributed by atoms with E-state index in [1.807, 2.05) is 6.07 Å². The molecule has 1 aromatic rings. The highest BCUT2D eigenvalue weighted by Gasteiger charge is 2.39. The summed E-state index contributed by atoms with van der Waals surface area (Å²) in [6.45, 7) is 2.56. The van der Waals surface area contributed by atoms with E-state index in [0.717, 1.165) is 8.95 Å². The monoisotopic (exact) mass is 403 g/mol. The number of halogens is 2. The van der Waals surface area contributed by atoms with Gasteiger partial charge in [-0.25, -0.2) is 0 Å². The molecule has 2 rings (SSSR count). The van der Waals surface area contributed by atoms with Crippen molar-refractivity contribution in [1.82, 2.24) is 4.90 Å². The zero-order valence-corrected chi connectivity index (χ0v) is 14.2. The molecule has 0 aromatic heterocycles. The van der Waals surface area contributed by atoms with Crippen molar-refractivity contribution in [1.29, 1.82) is 0 Å². The Hall–Kier alpha value is -0.880. The van der Waals surface area contributed by atoms with Crippen molar-refractivity contribution in [2.75, 3.05) is 13.1 Å². The van der Waals surface area contributed by atoms with Gasteiger partial charge in [-0.2, -0.15) is 0 Å². The van der Waals surface area contributed by atoms with Crippen molar-refractivity contribution in [2.24, 2.45) is 5.41 Å². The van der Waals surface area contributed by atoms with Crippen LogP contribution in [0.4, 0.5) is 0 Å². The van der Waals surface area contributed by atoms with E-state index in [1.54, 1.807) is 24.0 Å². The van der Waals surface area contributed by atoms with Gasteiger partial charge < -0.3 is 10.0 Å². The predicted octanol–water partition coefficient (Wildman–Crippen LogP) is 3.54. The van der Waals surface area contributed by atoms with E-state index in [4.69, 9.17) is 0 Å². The molecule has 1 atom stereocenters. The first kappa shape index (κ1) is 15.5. The van der Waals surface area contributed by atoms with E-state index in [2.05, 4.69) is 31.9 Å². The fourth-order valence-corrected chi connectivity index (χ4v) is 3.74. The number of hydrogen-bond donors (Lipinski definition) is 1. The van der Waals surface area contributed by atoms with Crippen LogP contribution in [0.15, 0.2) is 27.1 Å². The molecule has 1 N–H and O–H groups in total. The molecule has 1 saturated heterocycles. The number of carboxylic acid groups (broad SMARTS) is 1. The third kappa shape index (κ3) is 3.23. The largest absolute Gasteiger partial charge is 0.481 e. The number of carboxylic acids is 1. The van der Waals surface area contributed by atoms with E-state index in [0.29, 0.717) is 24.9 Å². The van der Waals surface area contributed by atoms with Crippen molar-refractivity contribution < 1.29 is 14.7 Å². The van der Waals surface area contributed by atoms with Crippen molar-refractivity contribution in [3.05, 3.63) is 32.7 Å². The molecule has 1 heterocycles. The number of aliphatic carboxylic acids is 1. The van der Waals surface area contributed by atoms with Crippen LogP contribution in [-0.4, -0.2) is 35.0 Å². The highest BCUT2D eigenvalue weighted by atomic mass is 79.9. The number of likely N-dealkylation sites (tertiary alicyclic amines) is 1. The van der Waals surface area contributed by atoms with Gasteiger partial charge in [0.25, 0.3) is 5.91 Å². The van der Waals surface area contributed by atoms with Crippen LogP contribution in [0.5, 0.6) is 0 Å². The second-order valence-electron chi connectivity index (χ2n) is 5.35. The highest BCUT2D eigenvalue weighted by molar-refractivity contribution is 9.11. The maximum absolute atomic E-state index is 12.5. The Kier molecular flexibility index (Phi) is 4.54. The summed E-state index contributed by atoms with van der Waals surface area (Å²) in [5.74, 6) is -0.968. The fourth-order valence-electron chi connectivity index (χ4n) is 2.45. The number of hydrogen-bond acceptors (Lipinski definition) is 2. The van der Waals surface area contributed by atoms with Gasteiger partial charge in [0.15, 0.2) is 0 Å². The third-order valence-corrected chi connectivity index (χ3v) is 4.53. The molecule has 1 aliphatic rings. The first-order chi connectivity index (χ1) is 9.32. The molecule has 4 nitrogen and oxygen atoms in total. The number of carbonyl (C=O) groups is 2. The summed E-state index contributed by atoms with van der Waals surface area (Å²) in [4.78, 5) is 25.5. The molecule has 1 fully saturated rings. The summed E-state index contributed by atoms with van der Waals surface area (Å²) in [5.41, 5.74) is -0.294. The minimum Gasteiger partial charge on any atom is -0.481 e. The molecular formula is C14H15Br2NO3. The Balaban J connectivity index is 2.22. The van der Waals surface area contributed by atoms with Crippen molar-refractivity contribution in [3.8, 4) is 0 Å². The Bertz CT molecular complexity index is 541. The minimum absolute atomic E-state index is 0.126. The van der Waals surface area contributed by atoms with E-state index in [1.165, 1.54) is 0 Å². The van der Waals surface area contributed by atoms with E-state index < -0.39 is 11.4 Å². The topological polar surface area (TPSA) is 57.6 Å². The average molecular weight is 405 g/mol. The van der Waals surface area contributed by atoms with Gasteiger partial charge in [-0.1, -0.05) is 31.9 Å². The number of rotatable bonds is 2. The van der Waals surface area contributed by atoms with Crippen LogP contribution >= 0.6 is 31.9 Å². The average Bonchev–Trinajstić information content (AvgIpc) is 2.36. The summed E-state index contributed by atoms with van der Waals surface area (Å²) < 4.78 is 1.63. The number of carbonyl (C=O) groups excluding carboxylic acids is 1. The summed E-state index contributed by atoms with van der Waals surface area (Å²) in [6.07, 6.45) is 1.32. The zero-order valence-electron chi connectivity index (χ0n) is 11.0. The quantitative estimate of drug-likeness (QED) is 0.820. The maximum atomic E-state index is 12.5. The van der Waals surface area contributed by atoms with Crippen LogP contribution < -0.4 is 0 Å². The third-order valence-electron chi connectivity index (χ3n) is 3.61. The van der Waals surface area contributed by atoms with Crippen molar-refractivity contribution in [3.63, 3.8) is 0 Å². The van der Waals surface area contributed by atoms with Gasteiger partial charge in [0.2, 0.25) is 0 Å². The molecule has 1 unspecified atom stereocenters. The van der Waals surface area contributed by atoms with Crippen LogP contribution in [0.3, 0.4) is 0 Å². The zero-order chi connectivity index (χ0) is 14.9. The first-order valence-electron chi connectivity index (χ1n) is 6.31. The van der Waals surface area contributed by atoms with Gasteiger partial charge in [-0.05, 0) is 38.0 Å². The summed E-state index contributed by atoms with van der Waals surface area (Å²) >= 11 is 6.71. The highest BCUT2D eigenvalue weighted by Crippen LogP contribution is 2.31. The van der Waals surface area contributed by atoms with E-state index >= 15 is 0 Å². The molecule has 1 amide bonds. The molecule has 6 heteroatoms. The normalized spacial score (nSPS) is 22.6. The van der Waals surface area contributed by atoms with Gasteiger partial charge in [-0.15, -0.1) is 0 Å². The standard InChI is InChI=1S/C14H15Br2NO3/c1-14(13(19)20)3-2-4-17(8-14)12(18)9-5-10(15)7-11(16)6-9/h5-7H,2-4,8H2,1H3,(H,19,20). The number of benzene rings is 1. The predicted molar refractivity (Wildman–Crippen MR) is 82.7 cm³/mol. The summed E-state index contributed by atoms with van der Waals surface area (Å²) in [6, 6.07) is 5.36. The molecule has 108 valence electrons. The second-order valence-corrected chi connectivity index (χ2v) is 7.19. The van der Waals surface area contributed by atoms with Gasteiger partial charge in [0, 0.05) is 27.6 Å². The first-order valence-corrected chi connectivity index (χ1v) is 7.89. The van der Waals surface area contributed by atoms with Crippen LogP contribution in [0.25, 0.3) is 0 Å². The van der Waals surface area contributed by atoms with Crippen molar-refractivity contribution in [2.45, 2.75) is 19.8 Å². The molecule has 20 heavy (non-hydrogen) atoms. The SMILES string of the molecule is CC1(C(=O)O)CCCN(C(=O)c2cc(Br)cc(Br)c2)C1. The molecule has 0 aliphatic carbocycles. The molecule has 0 saturated carbocycles. The van der Waals surface area contributed by atoms with Gasteiger partial charge >= 0.3 is 5.97 Å². The van der Waals surface area contributed by atoms with E-state index in [-0.39, 0.29) is 12.5 Å². The second kappa shape index (κ2) is 5.85. The van der Waals surface area contributed by atoms with E-state index in [9.17, 15) is 14.7 Å². The Morgan fingerprint density at radius 3 is 2.40 bits per heavy atom. The molecule has 0 bridgehead atoms. The summed E-state index contributed by atoms with van der Waals surface area (Å²) in [5, 5.41) is 9.30. The fraction of sp³-hybridized carbons (Fsp3) is 0.429. The lowest BCUT2D eigenvalue weighted by Crippen LogP contribution is -2.48. The molecular weight excluding hydrogens is 390 g/mol. The van der Waals surface area contributed by atoms with Crippen LogP contribution in [0.2, 0.25) is 0 Å². The van der Waals surface area contributed by atoms with Crippen LogP contribution in [-0.2, 0) is 4.79 Å². The molecule has 0 spiro atoms. The number of amides is 1. The molecule has 1 aliphatic heterocycles. The van der Waals surface area contributed by atoms with Gasteiger partial charge in [-0.3, -0.25) is 9.59 Å². The smallest absolute Gasteiger partial charge is 0.311 e. The van der Waals surface area contributed by atoms with Gasteiger partial charge in [0.1, 0.15) is 0 Å². The summed E-state index contributed by atoms with van der Waals surface area (Å²) in [7, 11) is 0. The lowest BCUT2D eigenvalue weighted by Gasteiger charge is -2.37. The Morgan fingerprint density at radius 1 is 1.25 bits per heavy atom. The Morgan fingerprint density at radius 2 is 1.85 bits per heavy atom.